The number of amides is 1. The lowest BCUT2D eigenvalue weighted by atomic mass is 10.1. The third-order valence-electron chi connectivity index (χ3n) is 4.15. The zero-order chi connectivity index (χ0) is 19.5. The highest BCUT2D eigenvalue weighted by molar-refractivity contribution is 7.91. The first-order chi connectivity index (χ1) is 12.1. The van der Waals surface area contributed by atoms with Gasteiger partial charge in [-0.3, -0.25) is 9.59 Å². The number of aromatic nitrogens is 1. The number of pyridine rings is 1. The number of hydrogen-bond acceptors (Lipinski definition) is 4. The predicted molar refractivity (Wildman–Crippen MR) is 101 cm³/mol. The molecule has 140 valence electrons. The number of hydrogen-bond donors (Lipinski definition) is 1. The van der Waals surface area contributed by atoms with Gasteiger partial charge in [0, 0.05) is 36.8 Å². The number of nitrogens with zero attached hydrogens (tertiary/aromatic N) is 1. The van der Waals surface area contributed by atoms with Gasteiger partial charge < -0.3 is 9.88 Å². The van der Waals surface area contributed by atoms with Crippen LogP contribution in [0.25, 0.3) is 0 Å². The number of nitrogens with one attached hydrogen (secondary N) is 1. The van der Waals surface area contributed by atoms with Crippen LogP contribution < -0.4 is 10.7 Å². The average molecular weight is 376 g/mol. The van der Waals surface area contributed by atoms with Crippen LogP contribution in [0.2, 0.25) is 0 Å². The number of rotatable bonds is 6. The molecular weight excluding hydrogens is 352 g/mol. The minimum absolute atomic E-state index is 0.0703. The van der Waals surface area contributed by atoms with E-state index < -0.39 is 9.84 Å². The molecule has 2 rings (SSSR count). The van der Waals surface area contributed by atoms with Gasteiger partial charge >= 0.3 is 0 Å². The van der Waals surface area contributed by atoms with Crippen molar-refractivity contribution in [2.24, 2.45) is 7.05 Å². The quantitative estimate of drug-likeness (QED) is 0.834. The van der Waals surface area contributed by atoms with Gasteiger partial charge in [0.25, 0.3) is 5.91 Å². The highest BCUT2D eigenvalue weighted by Crippen LogP contribution is 2.14. The Morgan fingerprint density at radius 2 is 1.81 bits per heavy atom. The molecule has 0 unspecified atom stereocenters. The van der Waals surface area contributed by atoms with Gasteiger partial charge in [0.1, 0.15) is 5.69 Å². The molecule has 0 spiro atoms. The Hall–Kier alpha value is -2.41. The number of benzene rings is 1. The van der Waals surface area contributed by atoms with Crippen molar-refractivity contribution in [1.29, 1.82) is 0 Å². The van der Waals surface area contributed by atoms with Gasteiger partial charge in [-0.25, -0.2) is 8.42 Å². The molecule has 0 bridgehead atoms. The first-order valence-electron chi connectivity index (χ1n) is 8.41. The molecule has 0 radical (unpaired) electrons. The molecule has 6 nitrogen and oxygen atoms in total. The van der Waals surface area contributed by atoms with Crippen molar-refractivity contribution < 1.29 is 13.2 Å². The molecule has 0 saturated carbocycles. The Balaban J connectivity index is 2.35. The average Bonchev–Trinajstić information content (AvgIpc) is 2.57. The molecule has 1 aromatic carbocycles. The maximum absolute atomic E-state index is 12.5. The van der Waals surface area contributed by atoms with Gasteiger partial charge in [-0.15, -0.1) is 0 Å². The second-order valence-electron chi connectivity index (χ2n) is 6.54. The highest BCUT2D eigenvalue weighted by atomic mass is 32.2. The summed E-state index contributed by atoms with van der Waals surface area (Å²) < 4.78 is 26.5. The fourth-order valence-electron chi connectivity index (χ4n) is 2.75. The molecule has 1 amide bonds. The van der Waals surface area contributed by atoms with Gasteiger partial charge in [-0.05, 0) is 32.9 Å². The van der Waals surface area contributed by atoms with Crippen LogP contribution in [0.1, 0.15) is 35.6 Å². The van der Waals surface area contributed by atoms with Gasteiger partial charge in [-0.2, -0.15) is 0 Å². The first-order valence-corrected chi connectivity index (χ1v) is 10.1. The van der Waals surface area contributed by atoms with Gasteiger partial charge in [-0.1, -0.05) is 18.2 Å². The first kappa shape index (κ1) is 19.9. The lowest BCUT2D eigenvalue weighted by Crippen LogP contribution is -2.35. The Kier molecular flexibility index (Phi) is 6.02. The smallest absolute Gasteiger partial charge is 0.268 e. The Bertz CT molecular complexity index is 961. The molecule has 0 aliphatic rings. The van der Waals surface area contributed by atoms with Crippen LogP contribution in [0.3, 0.4) is 0 Å². The van der Waals surface area contributed by atoms with Crippen molar-refractivity contribution in [2.45, 2.75) is 38.1 Å². The van der Waals surface area contributed by atoms with E-state index in [1.165, 1.54) is 6.07 Å². The van der Waals surface area contributed by atoms with E-state index in [9.17, 15) is 18.0 Å². The molecular formula is C19H24N2O4S. The third kappa shape index (κ3) is 4.40. The van der Waals surface area contributed by atoms with Crippen molar-refractivity contribution in [3.8, 4) is 0 Å². The SMILES string of the molecule is Cc1c(C(=O)NC(C)C)n(C)c(CCS(=O)(=O)c2ccccc2)cc1=O. The molecule has 1 heterocycles. The van der Waals surface area contributed by atoms with E-state index in [-0.39, 0.29) is 40.1 Å². The largest absolute Gasteiger partial charge is 0.349 e. The Morgan fingerprint density at radius 1 is 1.19 bits per heavy atom. The summed E-state index contributed by atoms with van der Waals surface area (Å²) in [4.78, 5) is 24.9. The fourth-order valence-corrected chi connectivity index (χ4v) is 4.03. The summed E-state index contributed by atoms with van der Waals surface area (Å²) in [5, 5.41) is 2.78. The molecule has 0 aliphatic heterocycles. The number of sulfone groups is 1. The van der Waals surface area contributed by atoms with Crippen LogP contribution in [-0.4, -0.2) is 30.7 Å². The molecule has 1 N–H and O–H groups in total. The van der Waals surface area contributed by atoms with E-state index in [4.69, 9.17) is 0 Å². The zero-order valence-electron chi connectivity index (χ0n) is 15.4. The van der Waals surface area contributed by atoms with Crippen LogP contribution in [0, 0.1) is 6.92 Å². The van der Waals surface area contributed by atoms with E-state index >= 15 is 0 Å². The van der Waals surface area contributed by atoms with Crippen molar-refractivity contribution in [3.05, 3.63) is 63.6 Å². The van der Waals surface area contributed by atoms with Gasteiger partial charge in [0.15, 0.2) is 15.3 Å². The van der Waals surface area contributed by atoms with Crippen LogP contribution >= 0.6 is 0 Å². The van der Waals surface area contributed by atoms with Crippen molar-refractivity contribution >= 4 is 15.7 Å². The van der Waals surface area contributed by atoms with Gasteiger partial charge in [0.05, 0.1) is 10.6 Å². The summed E-state index contributed by atoms with van der Waals surface area (Å²) in [6, 6.07) is 9.52. The lowest BCUT2D eigenvalue weighted by molar-refractivity contribution is 0.0932. The lowest BCUT2D eigenvalue weighted by Gasteiger charge is -2.17. The second kappa shape index (κ2) is 7.86. The summed E-state index contributed by atoms with van der Waals surface area (Å²) in [7, 11) is -1.79. The standard InChI is InChI=1S/C19H24N2O4S/c1-13(2)20-19(23)18-14(3)17(22)12-15(21(18)4)10-11-26(24,25)16-8-6-5-7-9-16/h5-9,12-13H,10-11H2,1-4H3,(H,20,23). The molecule has 2 aromatic rings. The summed E-state index contributed by atoms with van der Waals surface area (Å²) in [5.41, 5.74) is 0.844. The Labute approximate surface area is 153 Å². The number of carbonyl (C=O) groups excluding carboxylic acids is 1. The zero-order valence-corrected chi connectivity index (χ0v) is 16.3. The van der Waals surface area contributed by atoms with Crippen LogP contribution in [0.15, 0.2) is 46.1 Å². The third-order valence-corrected chi connectivity index (χ3v) is 5.88. The normalized spacial score (nSPS) is 11.6. The Morgan fingerprint density at radius 3 is 2.38 bits per heavy atom. The van der Waals surface area contributed by atoms with E-state index in [0.29, 0.717) is 11.3 Å². The highest BCUT2D eigenvalue weighted by Gasteiger charge is 2.20. The molecule has 0 atom stereocenters. The minimum Gasteiger partial charge on any atom is -0.349 e. The van der Waals surface area contributed by atoms with Gasteiger partial charge in [0.2, 0.25) is 0 Å². The molecule has 26 heavy (non-hydrogen) atoms. The van der Waals surface area contributed by atoms with E-state index in [2.05, 4.69) is 5.32 Å². The maximum Gasteiger partial charge on any atom is 0.268 e. The van der Waals surface area contributed by atoms with E-state index in [0.717, 1.165) is 0 Å². The second-order valence-corrected chi connectivity index (χ2v) is 8.65. The maximum atomic E-state index is 12.5. The monoisotopic (exact) mass is 376 g/mol. The van der Waals surface area contributed by atoms with Crippen molar-refractivity contribution in [2.75, 3.05) is 5.75 Å². The van der Waals surface area contributed by atoms with Crippen molar-refractivity contribution in [1.82, 2.24) is 9.88 Å². The van der Waals surface area contributed by atoms with Crippen LogP contribution in [-0.2, 0) is 23.3 Å². The predicted octanol–water partition coefficient (Wildman–Crippen LogP) is 1.85. The summed E-state index contributed by atoms with van der Waals surface area (Å²) >= 11 is 0. The molecule has 7 heteroatoms. The molecule has 0 saturated heterocycles. The summed E-state index contributed by atoms with van der Waals surface area (Å²) in [5.74, 6) is -0.483. The topological polar surface area (TPSA) is 85.2 Å². The summed E-state index contributed by atoms with van der Waals surface area (Å²) in [6.45, 7) is 5.27. The molecule has 0 aliphatic carbocycles. The van der Waals surface area contributed by atoms with Crippen molar-refractivity contribution in [3.63, 3.8) is 0 Å². The summed E-state index contributed by atoms with van der Waals surface area (Å²) in [6.07, 6.45) is 0.144. The van der Waals surface area contributed by atoms with E-state index in [1.54, 1.807) is 48.9 Å². The van der Waals surface area contributed by atoms with Crippen LogP contribution in [0.5, 0.6) is 0 Å². The number of aryl methyl sites for hydroxylation is 1. The molecule has 1 aromatic heterocycles. The molecule has 0 fully saturated rings. The van der Waals surface area contributed by atoms with E-state index in [1.807, 2.05) is 13.8 Å². The minimum atomic E-state index is -3.47. The number of carbonyl (C=O) groups is 1. The fraction of sp³-hybridized carbons (Fsp3) is 0.368. The van der Waals surface area contributed by atoms with Crippen LogP contribution in [0.4, 0.5) is 0 Å².